The lowest BCUT2D eigenvalue weighted by atomic mass is 10.0. The van der Waals surface area contributed by atoms with Gasteiger partial charge in [-0.1, -0.05) is 15.9 Å². The number of hydrogen-bond donors (Lipinski definition) is 1. The molecule has 1 unspecified atom stereocenters. The van der Waals surface area contributed by atoms with Gasteiger partial charge in [0.2, 0.25) is 0 Å². The summed E-state index contributed by atoms with van der Waals surface area (Å²) in [6, 6.07) is 6.24. The van der Waals surface area contributed by atoms with Crippen LogP contribution in [-0.4, -0.2) is 25.7 Å². The summed E-state index contributed by atoms with van der Waals surface area (Å²) in [5, 5.41) is 3.39. The van der Waals surface area contributed by atoms with Crippen LogP contribution in [0, 0.1) is 0 Å². The second-order valence-electron chi connectivity index (χ2n) is 4.38. The van der Waals surface area contributed by atoms with Gasteiger partial charge in [0, 0.05) is 29.0 Å². The van der Waals surface area contributed by atoms with Crippen LogP contribution in [0.25, 0.3) is 0 Å². The number of fused-ring (bicyclic) bond motifs is 1. The Morgan fingerprint density at radius 3 is 3.21 bits per heavy atom. The minimum absolute atomic E-state index is 0.156. The topological polar surface area (TPSA) is 47.6 Å². The Kier molecular flexibility index (Phi) is 5.22. The summed E-state index contributed by atoms with van der Waals surface area (Å²) < 4.78 is 11.6. The number of carbonyl (C=O) groups excluding carboxylic acids is 1. The molecule has 0 bridgehead atoms. The molecule has 1 atom stereocenters. The molecule has 1 aromatic rings. The third-order valence-electron chi connectivity index (χ3n) is 3.04. The van der Waals surface area contributed by atoms with Crippen molar-refractivity contribution in [2.24, 2.45) is 0 Å². The minimum atomic E-state index is -0.156. The van der Waals surface area contributed by atoms with Gasteiger partial charge >= 0.3 is 5.97 Å². The van der Waals surface area contributed by atoms with Crippen LogP contribution >= 0.6 is 15.9 Å². The van der Waals surface area contributed by atoms with E-state index in [1.165, 1.54) is 0 Å². The van der Waals surface area contributed by atoms with Gasteiger partial charge in [-0.2, -0.15) is 0 Å². The van der Waals surface area contributed by atoms with E-state index in [0.29, 0.717) is 26.2 Å². The number of halogens is 1. The van der Waals surface area contributed by atoms with Gasteiger partial charge in [0.15, 0.2) is 0 Å². The summed E-state index contributed by atoms with van der Waals surface area (Å²) >= 11 is 3.47. The average molecular weight is 328 g/mol. The molecule has 1 heterocycles. The summed E-state index contributed by atoms with van der Waals surface area (Å²) in [4.78, 5) is 11.3. The van der Waals surface area contributed by atoms with Crippen molar-refractivity contribution in [3.8, 4) is 5.75 Å². The van der Waals surface area contributed by atoms with Crippen LogP contribution in [0.2, 0.25) is 0 Å². The lowest BCUT2D eigenvalue weighted by Crippen LogP contribution is -2.29. The first kappa shape index (κ1) is 14.3. The molecule has 0 saturated heterocycles. The van der Waals surface area contributed by atoms with Gasteiger partial charge < -0.3 is 14.8 Å². The first-order valence-electron chi connectivity index (χ1n) is 6.52. The zero-order valence-electron chi connectivity index (χ0n) is 10.9. The van der Waals surface area contributed by atoms with Crippen molar-refractivity contribution < 1.29 is 14.3 Å². The highest BCUT2D eigenvalue weighted by Gasteiger charge is 2.21. The molecule has 1 aliphatic rings. The first-order valence-corrected chi connectivity index (χ1v) is 7.31. The number of nitrogens with one attached hydrogen (secondary N) is 1. The van der Waals surface area contributed by atoms with Crippen LogP contribution in [0.3, 0.4) is 0 Å². The summed E-state index contributed by atoms with van der Waals surface area (Å²) in [5.74, 6) is 0.764. The van der Waals surface area contributed by atoms with E-state index in [9.17, 15) is 4.79 Å². The maximum atomic E-state index is 11.3. The largest absolute Gasteiger partial charge is 0.493 e. The van der Waals surface area contributed by atoms with E-state index in [-0.39, 0.29) is 12.0 Å². The zero-order chi connectivity index (χ0) is 13.7. The Hall–Kier alpha value is -1.07. The van der Waals surface area contributed by atoms with Crippen LogP contribution in [0.1, 0.15) is 31.4 Å². The quantitative estimate of drug-likeness (QED) is 0.845. The number of hydrogen-bond acceptors (Lipinski definition) is 4. The van der Waals surface area contributed by atoms with Gasteiger partial charge in [-0.05, 0) is 25.1 Å². The fourth-order valence-electron chi connectivity index (χ4n) is 2.16. The summed E-state index contributed by atoms with van der Waals surface area (Å²) in [5.41, 5.74) is 1.14. The van der Waals surface area contributed by atoms with Gasteiger partial charge in [0.25, 0.3) is 0 Å². The minimum Gasteiger partial charge on any atom is -0.493 e. The summed E-state index contributed by atoms with van der Waals surface area (Å²) in [6.07, 6.45) is 1.31. The molecule has 0 aromatic heterocycles. The zero-order valence-corrected chi connectivity index (χ0v) is 12.5. The molecule has 0 radical (unpaired) electrons. The first-order chi connectivity index (χ1) is 9.20. The lowest BCUT2D eigenvalue weighted by molar-refractivity contribution is -0.143. The van der Waals surface area contributed by atoms with Crippen molar-refractivity contribution in [3.63, 3.8) is 0 Å². The standard InChI is InChI=1S/C14H18BrNO3/c1-2-18-14(17)5-7-16-12-6-8-19-13-4-3-10(15)9-11(12)13/h3-4,9,12,16H,2,5-8H2,1H3. The Morgan fingerprint density at radius 1 is 1.58 bits per heavy atom. The molecule has 0 spiro atoms. The van der Waals surface area contributed by atoms with Gasteiger partial charge in [-0.15, -0.1) is 0 Å². The summed E-state index contributed by atoms with van der Waals surface area (Å²) in [6.45, 7) is 3.57. The number of ether oxygens (including phenoxy) is 2. The monoisotopic (exact) mass is 327 g/mol. The van der Waals surface area contributed by atoms with Crippen molar-refractivity contribution in [1.82, 2.24) is 5.32 Å². The smallest absolute Gasteiger partial charge is 0.307 e. The number of esters is 1. The maximum absolute atomic E-state index is 11.3. The van der Waals surface area contributed by atoms with Gasteiger partial charge in [0.1, 0.15) is 5.75 Å². The second-order valence-corrected chi connectivity index (χ2v) is 5.30. The third kappa shape index (κ3) is 3.94. The molecule has 0 fully saturated rings. The molecule has 19 heavy (non-hydrogen) atoms. The van der Waals surface area contributed by atoms with E-state index in [1.807, 2.05) is 19.1 Å². The van der Waals surface area contributed by atoms with E-state index >= 15 is 0 Å². The number of rotatable bonds is 5. The molecule has 1 aliphatic heterocycles. The molecule has 5 heteroatoms. The predicted molar refractivity (Wildman–Crippen MR) is 76.2 cm³/mol. The molecule has 1 N–H and O–H groups in total. The SMILES string of the molecule is CCOC(=O)CCNC1CCOc2ccc(Br)cc21. The van der Waals surface area contributed by atoms with Gasteiger partial charge in [0.05, 0.1) is 19.6 Å². The number of carbonyl (C=O) groups is 1. The second kappa shape index (κ2) is 6.91. The van der Waals surface area contributed by atoms with Crippen molar-refractivity contribution >= 4 is 21.9 Å². The normalized spacial score (nSPS) is 17.5. The summed E-state index contributed by atoms with van der Waals surface area (Å²) in [7, 11) is 0. The Balaban J connectivity index is 1.92. The van der Waals surface area contributed by atoms with Crippen LogP contribution in [0.5, 0.6) is 5.75 Å². The molecular formula is C14H18BrNO3. The predicted octanol–water partition coefficient (Wildman–Crippen LogP) is 2.82. The van der Waals surface area contributed by atoms with E-state index in [1.54, 1.807) is 0 Å². The Bertz CT molecular complexity index is 450. The number of benzene rings is 1. The molecule has 0 amide bonds. The highest BCUT2D eigenvalue weighted by atomic mass is 79.9. The molecule has 4 nitrogen and oxygen atoms in total. The fourth-order valence-corrected chi connectivity index (χ4v) is 2.54. The molecule has 2 rings (SSSR count). The lowest BCUT2D eigenvalue weighted by Gasteiger charge is -2.27. The maximum Gasteiger partial charge on any atom is 0.307 e. The van der Waals surface area contributed by atoms with Crippen molar-refractivity contribution in [3.05, 3.63) is 28.2 Å². The van der Waals surface area contributed by atoms with E-state index in [0.717, 1.165) is 22.2 Å². The highest BCUT2D eigenvalue weighted by molar-refractivity contribution is 9.10. The fraction of sp³-hybridized carbons (Fsp3) is 0.500. The van der Waals surface area contributed by atoms with Crippen molar-refractivity contribution in [2.75, 3.05) is 19.8 Å². The average Bonchev–Trinajstić information content (AvgIpc) is 2.39. The van der Waals surface area contributed by atoms with Crippen molar-refractivity contribution in [1.29, 1.82) is 0 Å². The molecule has 1 aromatic carbocycles. The van der Waals surface area contributed by atoms with Crippen LogP contribution in [0.15, 0.2) is 22.7 Å². The van der Waals surface area contributed by atoms with E-state index in [4.69, 9.17) is 9.47 Å². The van der Waals surface area contributed by atoms with Crippen LogP contribution in [-0.2, 0) is 9.53 Å². The molecule has 0 aliphatic carbocycles. The van der Waals surface area contributed by atoms with E-state index < -0.39 is 0 Å². The van der Waals surface area contributed by atoms with Crippen LogP contribution in [0.4, 0.5) is 0 Å². The van der Waals surface area contributed by atoms with Crippen LogP contribution < -0.4 is 10.1 Å². The van der Waals surface area contributed by atoms with Gasteiger partial charge in [-0.3, -0.25) is 4.79 Å². The molecular weight excluding hydrogens is 310 g/mol. The Labute approximate surface area is 121 Å². The van der Waals surface area contributed by atoms with E-state index in [2.05, 4.69) is 27.3 Å². The molecule has 0 saturated carbocycles. The third-order valence-corrected chi connectivity index (χ3v) is 3.53. The van der Waals surface area contributed by atoms with Gasteiger partial charge in [-0.25, -0.2) is 0 Å². The van der Waals surface area contributed by atoms with Crippen molar-refractivity contribution in [2.45, 2.75) is 25.8 Å². The molecule has 104 valence electrons. The highest BCUT2D eigenvalue weighted by Crippen LogP contribution is 2.33. The Morgan fingerprint density at radius 2 is 2.42 bits per heavy atom.